The number of H-pyrrole nitrogens is 1. The Hall–Kier alpha value is -2.83. The van der Waals surface area contributed by atoms with Gasteiger partial charge in [-0.05, 0) is 37.3 Å². The number of amides is 2. The van der Waals surface area contributed by atoms with Crippen molar-refractivity contribution in [1.82, 2.24) is 20.2 Å². The van der Waals surface area contributed by atoms with Gasteiger partial charge in [-0.1, -0.05) is 18.2 Å². The number of hydrogen-bond donors (Lipinski definition) is 2. The average Bonchev–Trinajstić information content (AvgIpc) is 3.14. The van der Waals surface area contributed by atoms with Gasteiger partial charge in [-0.2, -0.15) is 0 Å². The van der Waals surface area contributed by atoms with Gasteiger partial charge in [0.1, 0.15) is 17.4 Å². The van der Waals surface area contributed by atoms with E-state index in [2.05, 4.69) is 27.4 Å². The van der Waals surface area contributed by atoms with E-state index in [-0.39, 0.29) is 17.4 Å². The van der Waals surface area contributed by atoms with Crippen molar-refractivity contribution < 1.29 is 14.3 Å². The first-order chi connectivity index (χ1) is 14.0. The van der Waals surface area contributed by atoms with E-state index < -0.39 is 6.04 Å². The quantitative estimate of drug-likeness (QED) is 0.830. The van der Waals surface area contributed by atoms with Crippen LogP contribution in [0.2, 0.25) is 0 Å². The Balaban J connectivity index is 1.44. The monoisotopic (exact) mass is 396 g/mol. The molecule has 154 valence electrons. The second-order valence-corrected chi connectivity index (χ2v) is 8.11. The molecule has 2 aliphatic heterocycles. The maximum Gasteiger partial charge on any atom is 0.245 e. The third-order valence-electron chi connectivity index (χ3n) is 6.01. The minimum absolute atomic E-state index is 0.0388. The SMILES string of the molecule is CC(=O)N[C@@H](Cc1cnc[nH]1)C(=O)N1CCC[C@]2(CCc3ccccc3O2)CC1. The summed E-state index contributed by atoms with van der Waals surface area (Å²) in [5, 5.41) is 2.81. The largest absolute Gasteiger partial charge is 0.487 e. The van der Waals surface area contributed by atoms with Crippen LogP contribution in [0.3, 0.4) is 0 Å². The molecule has 0 bridgehead atoms. The number of nitrogens with one attached hydrogen (secondary N) is 2. The summed E-state index contributed by atoms with van der Waals surface area (Å²) in [5.74, 6) is 0.735. The normalized spacial score (nSPS) is 22.3. The lowest BCUT2D eigenvalue weighted by molar-refractivity contribution is -0.136. The van der Waals surface area contributed by atoms with Crippen molar-refractivity contribution in [3.05, 3.63) is 48.0 Å². The zero-order valence-corrected chi connectivity index (χ0v) is 16.8. The van der Waals surface area contributed by atoms with Gasteiger partial charge in [0.05, 0.1) is 6.33 Å². The molecule has 7 nitrogen and oxygen atoms in total. The standard InChI is InChI=1S/C22H28N4O3/c1-16(27)25-19(13-18-14-23-15-24-18)21(28)26-11-4-8-22(10-12-26)9-7-17-5-2-3-6-20(17)29-22/h2-3,5-6,14-15,19H,4,7-13H2,1H3,(H,23,24)(H,25,27)/t19-,22-/m0/s1. The van der Waals surface area contributed by atoms with Gasteiger partial charge in [0, 0.05) is 44.7 Å². The maximum atomic E-state index is 13.2. The highest BCUT2D eigenvalue weighted by molar-refractivity contribution is 5.87. The molecular formula is C22H28N4O3. The number of benzene rings is 1. The summed E-state index contributed by atoms with van der Waals surface area (Å²) in [6.07, 6.45) is 8.31. The fourth-order valence-electron chi connectivity index (χ4n) is 4.48. The smallest absolute Gasteiger partial charge is 0.245 e. The summed E-state index contributed by atoms with van der Waals surface area (Å²) < 4.78 is 6.46. The fraction of sp³-hybridized carbons (Fsp3) is 0.500. The predicted molar refractivity (Wildman–Crippen MR) is 108 cm³/mol. The number of nitrogens with zero attached hydrogens (tertiary/aromatic N) is 2. The number of ether oxygens (including phenoxy) is 1. The third kappa shape index (κ3) is 4.44. The molecule has 0 unspecified atom stereocenters. The Labute approximate surface area is 170 Å². The van der Waals surface area contributed by atoms with Crippen molar-refractivity contribution in [1.29, 1.82) is 0 Å². The first-order valence-electron chi connectivity index (χ1n) is 10.3. The minimum atomic E-state index is -0.588. The predicted octanol–water partition coefficient (Wildman–Crippen LogP) is 2.23. The fourth-order valence-corrected chi connectivity index (χ4v) is 4.48. The van der Waals surface area contributed by atoms with Crippen LogP contribution in [0.15, 0.2) is 36.8 Å². The van der Waals surface area contributed by atoms with Gasteiger partial charge in [-0.15, -0.1) is 0 Å². The molecule has 2 amide bonds. The summed E-state index contributed by atoms with van der Waals surface area (Å²) >= 11 is 0. The van der Waals surface area contributed by atoms with E-state index in [9.17, 15) is 9.59 Å². The van der Waals surface area contributed by atoms with Gasteiger partial charge in [0.2, 0.25) is 11.8 Å². The number of fused-ring (bicyclic) bond motifs is 1. The molecule has 3 heterocycles. The molecule has 4 rings (SSSR count). The number of aromatic amines is 1. The maximum absolute atomic E-state index is 13.2. The van der Waals surface area contributed by atoms with Gasteiger partial charge < -0.3 is 19.9 Å². The van der Waals surface area contributed by atoms with Crippen LogP contribution in [0.4, 0.5) is 0 Å². The van der Waals surface area contributed by atoms with Crippen LogP contribution >= 0.6 is 0 Å². The molecule has 0 saturated carbocycles. The molecule has 2 aromatic rings. The second-order valence-electron chi connectivity index (χ2n) is 8.11. The Bertz CT molecular complexity index is 867. The van der Waals surface area contributed by atoms with E-state index in [0.717, 1.165) is 43.5 Å². The summed E-state index contributed by atoms with van der Waals surface area (Å²) in [6, 6.07) is 7.65. The summed E-state index contributed by atoms with van der Waals surface area (Å²) in [4.78, 5) is 33.8. The Morgan fingerprint density at radius 3 is 2.93 bits per heavy atom. The number of carbonyl (C=O) groups excluding carboxylic acids is 2. The highest BCUT2D eigenvalue weighted by Crippen LogP contribution is 2.39. The highest BCUT2D eigenvalue weighted by atomic mass is 16.5. The van der Waals surface area contributed by atoms with Crippen molar-refractivity contribution in [3.63, 3.8) is 0 Å². The molecule has 1 aromatic carbocycles. The van der Waals surface area contributed by atoms with Crippen LogP contribution in [0.5, 0.6) is 5.75 Å². The lowest BCUT2D eigenvalue weighted by atomic mass is 9.85. The van der Waals surface area contributed by atoms with Crippen molar-refractivity contribution in [3.8, 4) is 5.75 Å². The zero-order chi connectivity index (χ0) is 20.3. The lowest BCUT2D eigenvalue weighted by Gasteiger charge is -2.38. The van der Waals surface area contributed by atoms with Crippen molar-refractivity contribution in [2.45, 2.75) is 57.1 Å². The summed E-state index contributed by atoms with van der Waals surface area (Å²) in [6.45, 7) is 2.77. The molecule has 0 radical (unpaired) electrons. The lowest BCUT2D eigenvalue weighted by Crippen LogP contribution is -2.50. The molecule has 1 fully saturated rings. The number of aromatic nitrogens is 2. The molecule has 1 aromatic heterocycles. The summed E-state index contributed by atoms with van der Waals surface area (Å²) in [5.41, 5.74) is 1.90. The van der Waals surface area contributed by atoms with Crippen LogP contribution in [-0.4, -0.2) is 51.4 Å². The van der Waals surface area contributed by atoms with E-state index in [0.29, 0.717) is 19.5 Å². The average molecular weight is 396 g/mol. The highest BCUT2D eigenvalue weighted by Gasteiger charge is 2.39. The van der Waals surface area contributed by atoms with Crippen LogP contribution in [-0.2, 0) is 22.4 Å². The number of rotatable bonds is 4. The number of aryl methyl sites for hydroxylation is 1. The van der Waals surface area contributed by atoms with Gasteiger partial charge in [-0.3, -0.25) is 9.59 Å². The number of para-hydroxylation sites is 1. The summed E-state index contributed by atoms with van der Waals surface area (Å²) in [7, 11) is 0. The molecule has 2 N–H and O–H groups in total. The first kappa shape index (κ1) is 19.5. The molecule has 7 heteroatoms. The molecule has 29 heavy (non-hydrogen) atoms. The number of carbonyl (C=O) groups is 2. The molecular weight excluding hydrogens is 368 g/mol. The van der Waals surface area contributed by atoms with Gasteiger partial charge >= 0.3 is 0 Å². The van der Waals surface area contributed by atoms with Crippen LogP contribution < -0.4 is 10.1 Å². The van der Waals surface area contributed by atoms with Gasteiger partial charge in [0.25, 0.3) is 0 Å². The van der Waals surface area contributed by atoms with Gasteiger partial charge in [0.15, 0.2) is 0 Å². The molecule has 1 spiro atoms. The first-order valence-corrected chi connectivity index (χ1v) is 10.3. The van der Waals surface area contributed by atoms with Crippen molar-refractivity contribution in [2.24, 2.45) is 0 Å². The van der Waals surface area contributed by atoms with Crippen molar-refractivity contribution in [2.75, 3.05) is 13.1 Å². The minimum Gasteiger partial charge on any atom is -0.487 e. The molecule has 2 aliphatic rings. The number of hydrogen-bond acceptors (Lipinski definition) is 4. The second kappa shape index (κ2) is 8.27. The number of imidazole rings is 1. The molecule has 1 saturated heterocycles. The Morgan fingerprint density at radius 1 is 1.28 bits per heavy atom. The van der Waals surface area contributed by atoms with Crippen LogP contribution in [0, 0.1) is 0 Å². The van der Waals surface area contributed by atoms with Crippen LogP contribution in [0.25, 0.3) is 0 Å². The number of likely N-dealkylation sites (tertiary alicyclic amines) is 1. The molecule has 0 aliphatic carbocycles. The van der Waals surface area contributed by atoms with Gasteiger partial charge in [-0.25, -0.2) is 4.98 Å². The van der Waals surface area contributed by atoms with E-state index in [4.69, 9.17) is 4.74 Å². The topological polar surface area (TPSA) is 87.3 Å². The van der Waals surface area contributed by atoms with E-state index in [1.165, 1.54) is 12.5 Å². The Morgan fingerprint density at radius 2 is 2.14 bits per heavy atom. The zero-order valence-electron chi connectivity index (χ0n) is 16.8. The van der Waals surface area contributed by atoms with Crippen LogP contribution in [0.1, 0.15) is 43.9 Å². The van der Waals surface area contributed by atoms with Crippen molar-refractivity contribution >= 4 is 11.8 Å². The van der Waals surface area contributed by atoms with E-state index in [1.54, 1.807) is 12.5 Å². The van der Waals surface area contributed by atoms with E-state index >= 15 is 0 Å². The third-order valence-corrected chi connectivity index (χ3v) is 6.01. The molecule has 2 atom stereocenters. The van der Waals surface area contributed by atoms with E-state index in [1.807, 2.05) is 17.0 Å². The Kier molecular flexibility index (Phi) is 5.56.